The number of aryl methyl sites for hydroxylation is 1. The van der Waals surface area contributed by atoms with Crippen molar-refractivity contribution in [3.05, 3.63) is 29.0 Å². The highest BCUT2D eigenvalue weighted by Gasteiger charge is 2.13. The minimum Gasteiger partial charge on any atom is -0.460 e. The van der Waals surface area contributed by atoms with E-state index in [9.17, 15) is 4.79 Å². The molecular formula is C11H12N2O2S. The quantitative estimate of drug-likeness (QED) is 0.833. The lowest BCUT2D eigenvalue weighted by Crippen LogP contribution is -2.06. The average molecular weight is 236 g/mol. The number of hydrogen-bond acceptors (Lipinski definition) is 4. The third-order valence-electron chi connectivity index (χ3n) is 2.15. The molecule has 0 unspecified atom stereocenters. The van der Waals surface area contributed by atoms with Crippen molar-refractivity contribution in [2.45, 2.75) is 13.8 Å². The lowest BCUT2D eigenvalue weighted by Gasteiger charge is -1.97. The molecule has 0 spiro atoms. The fourth-order valence-electron chi connectivity index (χ4n) is 1.39. The van der Waals surface area contributed by atoms with Gasteiger partial charge in [-0.05, 0) is 30.9 Å². The number of thiophene rings is 1. The van der Waals surface area contributed by atoms with Crippen molar-refractivity contribution >= 4 is 17.3 Å². The van der Waals surface area contributed by atoms with E-state index in [0.29, 0.717) is 6.61 Å². The first-order valence-electron chi connectivity index (χ1n) is 4.99. The first-order valence-corrected chi connectivity index (χ1v) is 5.87. The maximum Gasteiger partial charge on any atom is 0.374 e. The van der Waals surface area contributed by atoms with Crippen LogP contribution in [0.5, 0.6) is 0 Å². The summed E-state index contributed by atoms with van der Waals surface area (Å²) in [6.07, 6.45) is 1.66. The van der Waals surface area contributed by atoms with Crippen LogP contribution in [0.4, 0.5) is 0 Å². The molecule has 0 radical (unpaired) electrons. The smallest absolute Gasteiger partial charge is 0.374 e. The minimum absolute atomic E-state index is 0.254. The molecule has 0 fully saturated rings. The van der Waals surface area contributed by atoms with Crippen LogP contribution in [0.2, 0.25) is 0 Å². The summed E-state index contributed by atoms with van der Waals surface area (Å²) < 4.78 is 4.86. The molecule has 2 aromatic heterocycles. The van der Waals surface area contributed by atoms with Crippen LogP contribution in [0.25, 0.3) is 10.6 Å². The van der Waals surface area contributed by atoms with Gasteiger partial charge in [-0.2, -0.15) is 0 Å². The molecular weight excluding hydrogens is 224 g/mol. The molecule has 5 heteroatoms. The van der Waals surface area contributed by atoms with Crippen LogP contribution in [0, 0.1) is 6.92 Å². The zero-order valence-electron chi connectivity index (χ0n) is 9.11. The highest BCUT2D eigenvalue weighted by Crippen LogP contribution is 2.27. The van der Waals surface area contributed by atoms with E-state index in [1.807, 2.05) is 18.4 Å². The number of aromatic amines is 1. The SMILES string of the molecule is CCOC(=O)c1ncc(-c2sccc2C)[nH]1. The van der Waals surface area contributed by atoms with Crippen LogP contribution in [0.1, 0.15) is 23.1 Å². The lowest BCUT2D eigenvalue weighted by atomic mass is 10.2. The molecule has 0 aliphatic heterocycles. The van der Waals surface area contributed by atoms with E-state index < -0.39 is 5.97 Å². The van der Waals surface area contributed by atoms with Crippen LogP contribution >= 0.6 is 11.3 Å². The number of H-pyrrole nitrogens is 1. The Bertz CT molecular complexity index is 502. The number of nitrogens with zero attached hydrogens (tertiary/aromatic N) is 1. The van der Waals surface area contributed by atoms with Gasteiger partial charge in [0.25, 0.3) is 0 Å². The molecule has 0 saturated heterocycles. The average Bonchev–Trinajstić information content (AvgIpc) is 2.86. The Morgan fingerprint density at radius 1 is 1.62 bits per heavy atom. The predicted molar refractivity (Wildman–Crippen MR) is 62.6 cm³/mol. The van der Waals surface area contributed by atoms with Crippen molar-refractivity contribution in [2.24, 2.45) is 0 Å². The molecule has 0 aliphatic carbocycles. The summed E-state index contributed by atoms with van der Waals surface area (Å²) in [5.74, 6) is -0.160. The molecule has 2 heterocycles. The summed E-state index contributed by atoms with van der Waals surface area (Å²) >= 11 is 1.62. The molecule has 2 rings (SSSR count). The van der Waals surface area contributed by atoms with Gasteiger partial charge < -0.3 is 9.72 Å². The summed E-state index contributed by atoms with van der Waals surface area (Å²) in [6, 6.07) is 2.03. The van der Waals surface area contributed by atoms with Crippen molar-refractivity contribution < 1.29 is 9.53 Å². The van der Waals surface area contributed by atoms with Gasteiger partial charge >= 0.3 is 5.97 Å². The minimum atomic E-state index is -0.414. The van der Waals surface area contributed by atoms with E-state index >= 15 is 0 Å². The topological polar surface area (TPSA) is 55.0 Å². The summed E-state index contributed by atoms with van der Waals surface area (Å²) in [5.41, 5.74) is 2.03. The van der Waals surface area contributed by atoms with E-state index in [1.165, 1.54) is 5.56 Å². The van der Waals surface area contributed by atoms with E-state index in [4.69, 9.17) is 4.74 Å². The molecule has 0 saturated carbocycles. The monoisotopic (exact) mass is 236 g/mol. The van der Waals surface area contributed by atoms with Gasteiger partial charge in [0.15, 0.2) is 0 Å². The Morgan fingerprint density at radius 3 is 3.06 bits per heavy atom. The van der Waals surface area contributed by atoms with Crippen LogP contribution in [-0.2, 0) is 4.74 Å². The van der Waals surface area contributed by atoms with Crippen LogP contribution in [0.3, 0.4) is 0 Å². The summed E-state index contributed by atoms with van der Waals surface area (Å²) in [4.78, 5) is 19.5. The fourth-order valence-corrected chi connectivity index (χ4v) is 2.28. The van der Waals surface area contributed by atoms with Crippen molar-refractivity contribution in [3.63, 3.8) is 0 Å². The molecule has 16 heavy (non-hydrogen) atoms. The van der Waals surface area contributed by atoms with Gasteiger partial charge in [0, 0.05) is 0 Å². The van der Waals surface area contributed by atoms with E-state index in [0.717, 1.165) is 10.6 Å². The number of aromatic nitrogens is 2. The maximum atomic E-state index is 11.4. The first-order chi connectivity index (χ1) is 7.72. The van der Waals surface area contributed by atoms with Crippen molar-refractivity contribution in [2.75, 3.05) is 6.61 Å². The highest BCUT2D eigenvalue weighted by atomic mass is 32.1. The van der Waals surface area contributed by atoms with Crippen molar-refractivity contribution in [1.82, 2.24) is 9.97 Å². The van der Waals surface area contributed by atoms with E-state index in [2.05, 4.69) is 9.97 Å². The Labute approximate surface area is 97.3 Å². The number of esters is 1. The zero-order chi connectivity index (χ0) is 11.5. The molecule has 84 valence electrons. The van der Waals surface area contributed by atoms with Crippen LogP contribution in [-0.4, -0.2) is 22.5 Å². The molecule has 4 nitrogen and oxygen atoms in total. The number of rotatable bonds is 3. The normalized spacial score (nSPS) is 10.4. The number of hydrogen-bond donors (Lipinski definition) is 1. The van der Waals surface area contributed by atoms with Gasteiger partial charge in [-0.25, -0.2) is 9.78 Å². The predicted octanol–water partition coefficient (Wildman–Crippen LogP) is 2.62. The number of carbonyl (C=O) groups is 1. The second kappa shape index (κ2) is 4.49. The molecule has 0 aliphatic rings. The van der Waals surface area contributed by atoms with Gasteiger partial charge in [-0.3, -0.25) is 0 Å². The first kappa shape index (κ1) is 10.9. The van der Waals surface area contributed by atoms with Crippen molar-refractivity contribution in [1.29, 1.82) is 0 Å². The third-order valence-corrected chi connectivity index (χ3v) is 3.20. The van der Waals surface area contributed by atoms with Gasteiger partial charge in [0.05, 0.1) is 23.4 Å². The number of carbonyl (C=O) groups excluding carboxylic acids is 1. The van der Waals surface area contributed by atoms with Crippen LogP contribution in [0.15, 0.2) is 17.6 Å². The molecule has 0 bridgehead atoms. The van der Waals surface area contributed by atoms with Gasteiger partial charge in [-0.1, -0.05) is 0 Å². The van der Waals surface area contributed by atoms with E-state index in [-0.39, 0.29) is 5.82 Å². The van der Waals surface area contributed by atoms with Crippen LogP contribution < -0.4 is 0 Å². The Balaban J connectivity index is 2.26. The number of ether oxygens (including phenoxy) is 1. The van der Waals surface area contributed by atoms with Gasteiger partial charge in [0.2, 0.25) is 5.82 Å². The lowest BCUT2D eigenvalue weighted by molar-refractivity contribution is 0.0513. The molecule has 0 atom stereocenters. The Kier molecular flexibility index (Phi) is 3.05. The Hall–Kier alpha value is -1.62. The number of nitrogens with one attached hydrogen (secondary N) is 1. The number of imidazole rings is 1. The summed E-state index contributed by atoms with van der Waals surface area (Å²) in [7, 11) is 0. The maximum absolute atomic E-state index is 11.4. The molecule has 0 amide bonds. The van der Waals surface area contributed by atoms with Gasteiger partial charge in [0.1, 0.15) is 0 Å². The third kappa shape index (κ3) is 1.99. The molecule has 2 aromatic rings. The molecule has 0 aromatic carbocycles. The second-order valence-electron chi connectivity index (χ2n) is 3.30. The summed E-state index contributed by atoms with van der Waals surface area (Å²) in [6.45, 7) is 4.15. The largest absolute Gasteiger partial charge is 0.460 e. The zero-order valence-corrected chi connectivity index (χ0v) is 9.93. The standard InChI is InChI=1S/C11H12N2O2S/c1-3-15-11(14)10-12-6-8(13-10)9-7(2)4-5-16-9/h4-6H,3H2,1-2H3,(H,12,13). The highest BCUT2D eigenvalue weighted by molar-refractivity contribution is 7.13. The molecule has 1 N–H and O–H groups in total. The van der Waals surface area contributed by atoms with Crippen molar-refractivity contribution in [3.8, 4) is 10.6 Å². The Morgan fingerprint density at radius 2 is 2.44 bits per heavy atom. The second-order valence-corrected chi connectivity index (χ2v) is 4.21. The summed E-state index contributed by atoms with van der Waals surface area (Å²) in [5, 5.41) is 2.01. The van der Waals surface area contributed by atoms with Gasteiger partial charge in [-0.15, -0.1) is 11.3 Å². The van der Waals surface area contributed by atoms with E-state index in [1.54, 1.807) is 24.5 Å². The fraction of sp³-hybridized carbons (Fsp3) is 0.273.